The van der Waals surface area contributed by atoms with Crippen LogP contribution in [0.15, 0.2) is 24.3 Å². The minimum atomic E-state index is -4.65. The molecule has 0 spiro atoms. The molecule has 0 bridgehead atoms. The molecular weight excluding hydrogens is 325 g/mol. The lowest BCUT2D eigenvalue weighted by Gasteiger charge is -2.22. The number of alkyl halides is 3. The maximum absolute atomic E-state index is 12.9. The molecule has 5 nitrogen and oxygen atoms in total. The zero-order valence-corrected chi connectivity index (χ0v) is 12.9. The van der Waals surface area contributed by atoms with Gasteiger partial charge in [0.15, 0.2) is 0 Å². The molecule has 0 unspecified atom stereocenters. The predicted octanol–water partition coefficient (Wildman–Crippen LogP) is 1.86. The van der Waals surface area contributed by atoms with E-state index in [4.69, 9.17) is 0 Å². The van der Waals surface area contributed by atoms with Gasteiger partial charge < -0.3 is 15.7 Å². The molecule has 132 valence electrons. The van der Waals surface area contributed by atoms with Crippen LogP contribution in [0, 0.1) is 0 Å². The highest BCUT2D eigenvalue weighted by molar-refractivity contribution is 5.97. The van der Waals surface area contributed by atoms with Crippen LogP contribution in [0.2, 0.25) is 0 Å². The van der Waals surface area contributed by atoms with Crippen molar-refractivity contribution in [3.63, 3.8) is 0 Å². The third-order valence-electron chi connectivity index (χ3n) is 4.04. The first kappa shape index (κ1) is 18.3. The average Bonchev–Trinajstić information content (AvgIpc) is 2.97. The number of carbonyl (C=O) groups is 2. The van der Waals surface area contributed by atoms with E-state index in [-0.39, 0.29) is 6.54 Å². The molecule has 0 radical (unpaired) electrons. The van der Waals surface area contributed by atoms with E-state index in [1.807, 2.05) is 0 Å². The Hall–Kier alpha value is -2.09. The second-order valence-electron chi connectivity index (χ2n) is 5.93. The van der Waals surface area contributed by atoms with Gasteiger partial charge in [-0.1, -0.05) is 25.0 Å². The molecule has 1 aromatic carbocycles. The van der Waals surface area contributed by atoms with E-state index in [0.717, 1.165) is 25.0 Å². The normalized spacial score (nSPS) is 16.7. The van der Waals surface area contributed by atoms with Crippen LogP contribution in [-0.2, 0) is 11.0 Å². The van der Waals surface area contributed by atoms with E-state index in [1.54, 1.807) is 0 Å². The number of rotatable bonds is 5. The second kappa shape index (κ2) is 7.21. The van der Waals surface area contributed by atoms with Crippen LogP contribution in [0.4, 0.5) is 13.2 Å². The van der Waals surface area contributed by atoms with Crippen molar-refractivity contribution in [1.29, 1.82) is 0 Å². The van der Waals surface area contributed by atoms with Crippen molar-refractivity contribution in [1.82, 2.24) is 10.6 Å². The van der Waals surface area contributed by atoms with Crippen molar-refractivity contribution in [2.75, 3.05) is 13.1 Å². The van der Waals surface area contributed by atoms with Gasteiger partial charge in [-0.25, -0.2) is 0 Å². The first-order valence-electron chi connectivity index (χ1n) is 7.65. The Labute approximate surface area is 137 Å². The zero-order chi connectivity index (χ0) is 17.8. The van der Waals surface area contributed by atoms with Crippen LogP contribution < -0.4 is 10.6 Å². The first-order chi connectivity index (χ1) is 11.2. The van der Waals surface area contributed by atoms with Crippen molar-refractivity contribution in [3.05, 3.63) is 35.4 Å². The summed E-state index contributed by atoms with van der Waals surface area (Å²) < 4.78 is 38.6. The fraction of sp³-hybridized carbons (Fsp3) is 0.500. The van der Waals surface area contributed by atoms with E-state index in [9.17, 15) is 27.9 Å². The van der Waals surface area contributed by atoms with E-state index in [0.29, 0.717) is 12.8 Å². The van der Waals surface area contributed by atoms with Crippen LogP contribution in [-0.4, -0.2) is 35.6 Å². The summed E-state index contributed by atoms with van der Waals surface area (Å²) >= 11 is 0. The molecule has 0 saturated heterocycles. The molecule has 8 heteroatoms. The highest BCUT2D eigenvalue weighted by Crippen LogP contribution is 2.31. The van der Waals surface area contributed by atoms with Crippen molar-refractivity contribution in [3.8, 4) is 0 Å². The summed E-state index contributed by atoms with van der Waals surface area (Å²) in [6, 6.07) is 4.37. The highest BCUT2D eigenvalue weighted by atomic mass is 19.4. The van der Waals surface area contributed by atoms with Crippen LogP contribution in [0.25, 0.3) is 0 Å². The molecule has 0 aromatic heterocycles. The molecule has 3 N–H and O–H groups in total. The number of carbonyl (C=O) groups excluding carboxylic acids is 2. The summed E-state index contributed by atoms with van der Waals surface area (Å²) in [5.41, 5.74) is -2.52. The summed E-state index contributed by atoms with van der Waals surface area (Å²) in [5, 5.41) is 14.8. The number of hydrogen-bond donors (Lipinski definition) is 3. The highest BCUT2D eigenvalue weighted by Gasteiger charge is 2.35. The van der Waals surface area contributed by atoms with Gasteiger partial charge in [-0.2, -0.15) is 13.2 Å². The SMILES string of the molecule is O=C(CNC(=O)c1ccccc1C(F)(F)F)NCC1(O)CCCC1. The summed E-state index contributed by atoms with van der Waals surface area (Å²) in [6.45, 7) is -0.387. The van der Waals surface area contributed by atoms with Gasteiger partial charge >= 0.3 is 6.18 Å². The number of hydrogen-bond acceptors (Lipinski definition) is 3. The lowest BCUT2D eigenvalue weighted by atomic mass is 10.0. The van der Waals surface area contributed by atoms with E-state index in [2.05, 4.69) is 10.6 Å². The molecule has 0 atom stereocenters. The van der Waals surface area contributed by atoms with Gasteiger partial charge in [-0.15, -0.1) is 0 Å². The van der Waals surface area contributed by atoms with Crippen molar-refractivity contribution < 1.29 is 27.9 Å². The van der Waals surface area contributed by atoms with Gasteiger partial charge in [-0.3, -0.25) is 9.59 Å². The molecule has 1 aliphatic carbocycles. The van der Waals surface area contributed by atoms with Gasteiger partial charge in [0.05, 0.1) is 23.3 Å². The van der Waals surface area contributed by atoms with Crippen molar-refractivity contribution in [2.45, 2.75) is 37.5 Å². The largest absolute Gasteiger partial charge is 0.417 e. The molecule has 2 amide bonds. The Balaban J connectivity index is 1.88. The molecule has 1 aliphatic rings. The summed E-state index contributed by atoms with van der Waals surface area (Å²) in [5.74, 6) is -1.54. The lowest BCUT2D eigenvalue weighted by Crippen LogP contribution is -2.44. The standard InChI is InChI=1S/C16H19F3N2O3/c17-16(18,19)12-6-2-1-5-11(12)14(23)20-9-13(22)21-10-15(24)7-3-4-8-15/h1-2,5-6,24H,3-4,7-10H2,(H,20,23)(H,21,22). The minimum Gasteiger partial charge on any atom is -0.388 e. The molecule has 1 saturated carbocycles. The Bertz CT molecular complexity index is 611. The number of halogens is 3. The number of benzene rings is 1. The van der Waals surface area contributed by atoms with Crippen LogP contribution in [0.5, 0.6) is 0 Å². The summed E-state index contributed by atoms with van der Waals surface area (Å²) in [7, 11) is 0. The van der Waals surface area contributed by atoms with Crippen LogP contribution in [0.3, 0.4) is 0 Å². The number of nitrogens with one attached hydrogen (secondary N) is 2. The second-order valence-corrected chi connectivity index (χ2v) is 5.93. The smallest absolute Gasteiger partial charge is 0.388 e. The maximum atomic E-state index is 12.9. The quantitative estimate of drug-likeness (QED) is 0.763. The Morgan fingerprint density at radius 2 is 1.75 bits per heavy atom. The topological polar surface area (TPSA) is 78.4 Å². The monoisotopic (exact) mass is 344 g/mol. The summed E-state index contributed by atoms with van der Waals surface area (Å²) in [4.78, 5) is 23.6. The fourth-order valence-corrected chi connectivity index (χ4v) is 2.72. The van der Waals surface area contributed by atoms with Crippen LogP contribution in [0.1, 0.15) is 41.6 Å². The van der Waals surface area contributed by atoms with Crippen molar-refractivity contribution >= 4 is 11.8 Å². The molecular formula is C16H19F3N2O3. The minimum absolute atomic E-state index is 0.0703. The Morgan fingerprint density at radius 1 is 1.12 bits per heavy atom. The number of aliphatic hydroxyl groups is 1. The van der Waals surface area contributed by atoms with Gasteiger partial charge in [0.2, 0.25) is 5.91 Å². The Morgan fingerprint density at radius 3 is 2.38 bits per heavy atom. The summed E-state index contributed by atoms with van der Waals surface area (Å²) in [6.07, 6.45) is -1.69. The van der Waals surface area contributed by atoms with Gasteiger partial charge in [0.1, 0.15) is 0 Å². The lowest BCUT2D eigenvalue weighted by molar-refractivity contribution is -0.137. The molecule has 1 aromatic rings. The predicted molar refractivity (Wildman–Crippen MR) is 80.2 cm³/mol. The first-order valence-corrected chi connectivity index (χ1v) is 7.65. The number of amides is 2. The molecule has 1 fully saturated rings. The molecule has 24 heavy (non-hydrogen) atoms. The third kappa shape index (κ3) is 4.70. The van der Waals surface area contributed by atoms with E-state index >= 15 is 0 Å². The molecule has 0 aliphatic heterocycles. The Kier molecular flexibility index (Phi) is 5.48. The average molecular weight is 344 g/mol. The van der Waals surface area contributed by atoms with Gasteiger partial charge in [0.25, 0.3) is 5.91 Å². The third-order valence-corrected chi connectivity index (χ3v) is 4.04. The van der Waals surface area contributed by atoms with Crippen molar-refractivity contribution in [2.24, 2.45) is 0 Å². The van der Waals surface area contributed by atoms with Gasteiger partial charge in [0, 0.05) is 6.54 Å². The zero-order valence-electron chi connectivity index (χ0n) is 12.9. The maximum Gasteiger partial charge on any atom is 0.417 e. The van der Waals surface area contributed by atoms with E-state index < -0.39 is 41.3 Å². The molecule has 2 rings (SSSR count). The van der Waals surface area contributed by atoms with Gasteiger partial charge in [-0.05, 0) is 25.0 Å². The van der Waals surface area contributed by atoms with E-state index in [1.165, 1.54) is 12.1 Å². The van der Waals surface area contributed by atoms with Crippen LogP contribution >= 0.6 is 0 Å². The fourth-order valence-electron chi connectivity index (χ4n) is 2.72. The molecule has 0 heterocycles.